The third-order valence-corrected chi connectivity index (χ3v) is 29.3. The second-order valence-corrected chi connectivity index (χ2v) is 38.3. The summed E-state index contributed by atoms with van der Waals surface area (Å²) < 4.78 is 22.8. The maximum atomic E-state index is 14.7. The Bertz CT molecular complexity index is 8640. The summed E-state index contributed by atoms with van der Waals surface area (Å²) in [6.07, 6.45) is 29.0. The Balaban J connectivity index is 0.000000107. The van der Waals surface area contributed by atoms with E-state index in [2.05, 4.69) is 141 Å². The lowest BCUT2D eigenvalue weighted by molar-refractivity contribution is 0.0959. The van der Waals surface area contributed by atoms with E-state index >= 15 is 0 Å². The molecule has 0 radical (unpaired) electrons. The molecule has 26 rings (SSSR count). The van der Waals surface area contributed by atoms with E-state index in [1.807, 2.05) is 160 Å². The fourth-order valence-electron chi connectivity index (χ4n) is 20.4. The number of hydrogen-bond donors (Lipinski definition) is 11. The van der Waals surface area contributed by atoms with Gasteiger partial charge in [0.25, 0.3) is 5.91 Å². The van der Waals surface area contributed by atoms with Gasteiger partial charge in [0.05, 0.1) is 50.6 Å². The number of nitrogens with zero attached hydrogens (tertiary/aromatic N) is 18. The van der Waals surface area contributed by atoms with Crippen molar-refractivity contribution >= 4 is 90.4 Å². The third-order valence-electron chi connectivity index (χ3n) is 29.3. The SMILES string of the molecule is CNC(=O)c1ccc(-c2ccc3nc(-c4cccnc4N)n(-c4ccc(C5(N)CCC5)cc4)c3n2)cc1F.Nc1ncccc1-c1nc2ccc(-c3c[nH]c4ccncc34)nc2n1-c1ccc(C2(N)CCC2)cc1.Nc1ncccc1-c1nc2ccc(-c3cc[nH]c(=O)c3)nc2n1-c1ccc(C2(N)CCC2)cc1.Nc1ncccc1-c1nc2ccc(-c3cccc(N4CCCC4)c3)nc2n1-c1ccc(C2(N)CCC2)cc1. The van der Waals surface area contributed by atoms with Crippen LogP contribution in [0.4, 0.5) is 33.3 Å². The number of nitrogen functional groups attached to an aromatic ring is 4. The van der Waals surface area contributed by atoms with Gasteiger partial charge in [0.2, 0.25) is 5.56 Å². The maximum Gasteiger partial charge on any atom is 0.253 e. The summed E-state index contributed by atoms with van der Waals surface area (Å²) in [6.45, 7) is 2.22. The van der Waals surface area contributed by atoms with Gasteiger partial charge in [0, 0.05) is 160 Å². The van der Waals surface area contributed by atoms with E-state index in [-0.39, 0.29) is 33.3 Å². The van der Waals surface area contributed by atoms with Crippen LogP contribution in [-0.4, -0.2) is 119 Å². The van der Waals surface area contributed by atoms with Crippen molar-refractivity contribution in [3.05, 3.63) is 348 Å². The molecule has 21 aromatic rings. The zero-order valence-corrected chi connectivity index (χ0v) is 80.0. The maximum absolute atomic E-state index is 14.7. The van der Waals surface area contributed by atoms with Gasteiger partial charge in [-0.2, -0.15) is 0 Å². The van der Waals surface area contributed by atoms with Gasteiger partial charge in [-0.1, -0.05) is 66.7 Å². The number of benzene rings is 6. The van der Waals surface area contributed by atoms with E-state index < -0.39 is 11.7 Å². The topological polar surface area (TPSA) is 476 Å². The average molecular weight is 1930 g/mol. The zero-order chi connectivity index (χ0) is 99.7. The monoisotopic (exact) mass is 1930 g/mol. The first-order valence-electron chi connectivity index (χ1n) is 49.1. The highest BCUT2D eigenvalue weighted by Gasteiger charge is 2.39. The van der Waals surface area contributed by atoms with Crippen LogP contribution in [0.3, 0.4) is 0 Å². The second kappa shape index (κ2) is 37.6. The van der Waals surface area contributed by atoms with Crippen LogP contribution >= 0.6 is 0 Å². The first kappa shape index (κ1) is 92.0. The molecule has 0 unspecified atom stereocenters. The van der Waals surface area contributed by atoms with Crippen molar-refractivity contribution in [2.75, 3.05) is 48.0 Å². The van der Waals surface area contributed by atoms with Crippen LogP contribution in [0.25, 0.3) is 169 Å². The number of aromatic amines is 2. The van der Waals surface area contributed by atoms with E-state index in [0.29, 0.717) is 85.6 Å². The Morgan fingerprint density at radius 3 is 1.07 bits per heavy atom. The minimum atomic E-state index is -0.622. The van der Waals surface area contributed by atoms with Crippen molar-refractivity contribution in [2.45, 2.75) is 112 Å². The van der Waals surface area contributed by atoms with Gasteiger partial charge in [-0.3, -0.25) is 32.8 Å². The molecule has 146 heavy (non-hydrogen) atoms. The summed E-state index contributed by atoms with van der Waals surface area (Å²) >= 11 is 0. The van der Waals surface area contributed by atoms with Crippen LogP contribution in [0.15, 0.2) is 309 Å². The molecule has 1 aliphatic heterocycles. The van der Waals surface area contributed by atoms with Gasteiger partial charge >= 0.3 is 0 Å². The van der Waals surface area contributed by atoms with Crippen LogP contribution in [0.5, 0.6) is 0 Å². The number of fused-ring (bicyclic) bond motifs is 5. The summed E-state index contributed by atoms with van der Waals surface area (Å²) in [5, 5.41) is 3.46. The summed E-state index contributed by atoms with van der Waals surface area (Å²) in [6, 6.07) is 82.2. The molecule has 0 atom stereocenters. The number of carbonyl (C=O) groups excluding carboxylic acids is 1. The van der Waals surface area contributed by atoms with Crippen molar-refractivity contribution in [2.24, 2.45) is 22.9 Å². The molecule has 16 heterocycles. The molecule has 1 saturated heterocycles. The number of anilines is 5. The molecule has 5 fully saturated rings. The molecule has 0 bridgehead atoms. The van der Waals surface area contributed by atoms with Crippen molar-refractivity contribution in [3.63, 3.8) is 0 Å². The Morgan fingerprint density at radius 2 is 0.719 bits per heavy atom. The second-order valence-electron chi connectivity index (χ2n) is 38.3. The van der Waals surface area contributed by atoms with Gasteiger partial charge in [-0.15, -0.1) is 0 Å². The quantitative estimate of drug-likeness (QED) is 0.0380. The summed E-state index contributed by atoms with van der Waals surface area (Å²) in [5.74, 6) is 3.15. The molecule has 15 aromatic heterocycles. The fraction of sp³-hybridized carbons (Fsp3) is 0.184. The van der Waals surface area contributed by atoms with Crippen LogP contribution in [0, 0.1) is 5.82 Å². The molecule has 31 nitrogen and oxygen atoms in total. The highest BCUT2D eigenvalue weighted by Crippen LogP contribution is 2.46. The summed E-state index contributed by atoms with van der Waals surface area (Å²) in [5.41, 5.74) is 75.6. The first-order valence-corrected chi connectivity index (χ1v) is 49.1. The Hall–Kier alpha value is -17.7. The normalized spacial score (nSPS) is 15.1. The van der Waals surface area contributed by atoms with Crippen molar-refractivity contribution in [1.29, 1.82) is 0 Å². The number of carbonyl (C=O) groups is 1. The van der Waals surface area contributed by atoms with E-state index in [0.717, 1.165) is 201 Å². The number of imidazole rings is 4. The summed E-state index contributed by atoms with van der Waals surface area (Å²) in [4.78, 5) is 93.2. The molecule has 4 saturated carbocycles. The molecule has 1 amide bonds. The van der Waals surface area contributed by atoms with Crippen LogP contribution in [0.2, 0.25) is 0 Å². The molecule has 724 valence electrons. The van der Waals surface area contributed by atoms with E-state index in [1.165, 1.54) is 62.2 Å². The number of halogens is 1. The predicted octanol–water partition coefficient (Wildman–Crippen LogP) is 18.9. The molecular weight excluding hydrogens is 1830 g/mol. The minimum Gasteiger partial charge on any atom is -0.383 e. The van der Waals surface area contributed by atoms with Gasteiger partial charge in [0.1, 0.15) is 51.2 Å². The van der Waals surface area contributed by atoms with E-state index in [4.69, 9.17) is 85.7 Å². The number of hydrogen-bond acceptors (Lipinski definition) is 24. The van der Waals surface area contributed by atoms with Crippen molar-refractivity contribution in [1.82, 2.24) is 98.3 Å². The van der Waals surface area contributed by atoms with Gasteiger partial charge in [-0.25, -0.2) is 64.2 Å². The first-order chi connectivity index (χ1) is 71.1. The van der Waals surface area contributed by atoms with Gasteiger partial charge < -0.3 is 66.1 Å². The Morgan fingerprint density at radius 1 is 0.356 bits per heavy atom. The lowest BCUT2D eigenvalue weighted by Crippen LogP contribution is -2.43. The van der Waals surface area contributed by atoms with Crippen LogP contribution < -0.4 is 61.6 Å². The minimum absolute atomic E-state index is 0.0269. The standard InChI is InChI=1S/C31H31N7.C29H26FN7O.C28H24N8.C26H23N7O/c32-28-25(8-4-17-34-28)29-36-27-14-13-26(21-6-3-7-24(20-21)37-18-1-2-19-37)35-30(27)38(29)23-11-9-22(10-12-23)31(33)15-5-16-31;1-33-28(38)20-10-5-17(16-22(20)30)23-11-12-24-27(35-23)37(26(36-24)21-4-2-15-34-25(21)31)19-8-6-18(7-9-19)29(32)13-3-14-29;29-25-19(3-1-13-32-25)26-35-24-9-8-23(21-16-33-22-10-14-31-15-20(21)22)34-27(24)36(26)18-6-4-17(5-7-18)28(30)11-2-12-28;27-23-19(3-1-13-30-23)24-32-21-9-8-20(16-10-14-29-22(34)15-16)31-25(21)33(24)18-6-4-17(5-7-18)26(28)11-2-12-26/h3-4,6-14,17,20H,1-2,5,15-16,18-19,33H2,(H2,32,34);2,4-12,15-16H,3,13-14,32H2,1H3,(H2,31,34)(H,33,38);1,3-10,13-16,33H,2,11-12,30H2,(H2,29,32);1,3-10,13-15H,2,11-12,28H2,(H2,27,30)(H,29,34). The lowest BCUT2D eigenvalue weighted by Gasteiger charge is -2.38. The van der Waals surface area contributed by atoms with Crippen LogP contribution in [-0.2, 0) is 22.2 Å². The van der Waals surface area contributed by atoms with Crippen molar-refractivity contribution in [3.8, 4) is 113 Å². The number of pyridine rings is 10. The largest absolute Gasteiger partial charge is 0.383 e. The van der Waals surface area contributed by atoms with Crippen molar-refractivity contribution < 1.29 is 9.18 Å². The zero-order valence-electron chi connectivity index (χ0n) is 80.0. The van der Waals surface area contributed by atoms with Gasteiger partial charge in [-0.05, 0) is 294 Å². The molecule has 0 spiro atoms. The molecule has 5 aliphatic rings. The number of nitrogens with two attached hydrogens (primary N) is 8. The number of aromatic nitrogens is 19. The molecule has 4 aliphatic carbocycles. The van der Waals surface area contributed by atoms with E-state index in [9.17, 15) is 14.0 Å². The molecule has 19 N–H and O–H groups in total. The Labute approximate surface area is 837 Å². The summed E-state index contributed by atoms with van der Waals surface area (Å²) in [7, 11) is 1.46. The number of H-pyrrole nitrogens is 2. The van der Waals surface area contributed by atoms with Gasteiger partial charge in [0.15, 0.2) is 45.9 Å². The molecule has 6 aromatic carbocycles. The number of amides is 1. The fourth-order valence-corrected chi connectivity index (χ4v) is 20.4. The highest BCUT2D eigenvalue weighted by molar-refractivity contribution is 5.97. The van der Waals surface area contributed by atoms with Crippen LogP contribution in [0.1, 0.15) is 123 Å². The Kier molecular flexibility index (Phi) is 23.7. The van der Waals surface area contributed by atoms with E-state index in [1.54, 1.807) is 49.3 Å². The number of rotatable bonds is 18. The number of nitrogens with one attached hydrogen (secondary N) is 3. The molecule has 32 heteroatoms. The lowest BCUT2D eigenvalue weighted by atomic mass is 9.73. The smallest absolute Gasteiger partial charge is 0.253 e. The molecular formula is C114H104FN29O2. The highest BCUT2D eigenvalue weighted by atomic mass is 19.1. The predicted molar refractivity (Wildman–Crippen MR) is 572 cm³/mol. The third kappa shape index (κ3) is 17.1. The average Bonchev–Trinajstić information content (AvgIpc) is 1.60.